The van der Waals surface area contributed by atoms with Crippen LogP contribution in [-0.2, 0) is 77.3 Å². The number of rotatable bonds is 27. The van der Waals surface area contributed by atoms with Crippen molar-refractivity contribution >= 4 is 17.9 Å². The van der Waals surface area contributed by atoms with Crippen molar-refractivity contribution < 1.29 is 83.4 Å². The van der Waals surface area contributed by atoms with Crippen LogP contribution in [0.2, 0.25) is 0 Å². The number of carbonyl (C=O) groups excluding carboxylic acids is 3. The van der Waals surface area contributed by atoms with Crippen molar-refractivity contribution in [3.63, 3.8) is 0 Å². The van der Waals surface area contributed by atoms with Gasteiger partial charge in [-0.25, -0.2) is 78.1 Å². The van der Waals surface area contributed by atoms with Crippen molar-refractivity contribution in [1.82, 2.24) is 27.4 Å². The van der Waals surface area contributed by atoms with E-state index in [-0.39, 0.29) is 26.9 Å². The summed E-state index contributed by atoms with van der Waals surface area (Å²) in [6, 6.07) is 0. The number of aliphatic hydroxyl groups excluding tert-OH is 2. The van der Waals surface area contributed by atoms with E-state index in [2.05, 4.69) is 9.47 Å². The third kappa shape index (κ3) is 14.0. The second-order valence-electron chi connectivity index (χ2n) is 13.1. The normalized spacial score (nSPS) is 15.2. The van der Waals surface area contributed by atoms with Gasteiger partial charge in [0, 0.05) is 33.9 Å². The molecule has 0 aromatic carbocycles. The van der Waals surface area contributed by atoms with Gasteiger partial charge in [0.05, 0.1) is 58.2 Å². The Kier molecular flexibility index (Phi) is 20.8. The molecule has 0 saturated carbocycles. The first-order chi connectivity index (χ1) is 29.5. The summed E-state index contributed by atoms with van der Waals surface area (Å²) in [5.41, 5.74) is -8.02. The largest absolute Gasteiger partial charge is 0.464 e. The monoisotopic (exact) mass is 932 g/mol. The van der Waals surface area contributed by atoms with Crippen LogP contribution in [0.3, 0.4) is 0 Å². The van der Waals surface area contributed by atoms with E-state index in [4.69, 9.17) is 14.2 Å². The van der Waals surface area contributed by atoms with Crippen molar-refractivity contribution in [1.29, 1.82) is 0 Å². The summed E-state index contributed by atoms with van der Waals surface area (Å²) in [6.45, 7) is -5.30. The minimum absolute atomic E-state index is 0.0715. The maximum absolute atomic E-state index is 14.4. The number of halogens is 8. The smallest absolute Gasteiger partial charge is 0.336 e. The number of hydrogen-bond donors (Lipinski definition) is 2. The van der Waals surface area contributed by atoms with E-state index in [1.807, 2.05) is 0 Å². The molecule has 0 aliphatic rings. The first kappa shape index (κ1) is 53.6. The second kappa shape index (κ2) is 24.4. The first-order valence-electron chi connectivity index (χ1n) is 18.4. The zero-order valence-corrected chi connectivity index (χ0v) is 33.6. The Morgan fingerprint density at radius 1 is 0.571 bits per heavy atom. The fourth-order valence-electron chi connectivity index (χ4n) is 5.23. The number of nitrogens with zero attached hydrogens (tertiary/aromatic N) is 6. The number of methoxy groups -OCH3 is 2. The second-order valence-corrected chi connectivity index (χ2v) is 13.1. The van der Waals surface area contributed by atoms with Crippen LogP contribution in [0.1, 0.15) is 26.2 Å². The van der Waals surface area contributed by atoms with E-state index in [1.165, 1.54) is 14.0 Å². The Hall–Kier alpha value is -5.49. The van der Waals surface area contributed by atoms with Crippen molar-refractivity contribution in [2.45, 2.75) is 115 Å². The third-order valence-electron chi connectivity index (χ3n) is 8.56. The van der Waals surface area contributed by atoms with Crippen molar-refractivity contribution in [2.24, 2.45) is 0 Å². The Bertz CT molecular complexity index is 2240. The van der Waals surface area contributed by atoms with Gasteiger partial charge in [0.25, 0.3) is 6.36 Å². The van der Waals surface area contributed by atoms with Crippen LogP contribution in [0.25, 0.3) is 0 Å². The Morgan fingerprint density at radius 2 is 0.968 bits per heavy atom. The SMILES string of the molecule is COCCn1c(=O)n(CCO)c(=O)n(CCOC(=O)CCn2c(=O)n(CCC(=O)OCC(C)O)c(=O)n(CCC(=O)OC(F)C(F)C(F)(F)C(F)C(F)C(F)C(F)OC)c2=O)c1=O. The zero-order valence-electron chi connectivity index (χ0n) is 33.6. The lowest BCUT2D eigenvalue weighted by Crippen LogP contribution is -2.55. The number of esters is 3. The molecule has 0 saturated heterocycles. The fraction of sp³-hybridized carbons (Fsp3) is 0.727. The summed E-state index contributed by atoms with van der Waals surface area (Å²) >= 11 is 0. The van der Waals surface area contributed by atoms with Gasteiger partial charge in [0.2, 0.25) is 18.7 Å². The van der Waals surface area contributed by atoms with Gasteiger partial charge in [0.15, 0.2) is 12.3 Å². The molecule has 0 radical (unpaired) electrons. The molecule has 2 rings (SSSR count). The average Bonchev–Trinajstić information content (AvgIpc) is 3.23. The van der Waals surface area contributed by atoms with Gasteiger partial charge in [-0.2, -0.15) is 13.2 Å². The lowest BCUT2D eigenvalue weighted by atomic mass is 10.0. The molecule has 0 aliphatic heterocycles. The highest BCUT2D eigenvalue weighted by molar-refractivity contribution is 5.70. The van der Waals surface area contributed by atoms with Gasteiger partial charge in [-0.1, -0.05) is 0 Å². The molecule has 7 unspecified atom stereocenters. The predicted octanol–water partition coefficient (Wildman–Crippen LogP) is -2.60. The van der Waals surface area contributed by atoms with Crippen molar-refractivity contribution in [3.05, 3.63) is 62.9 Å². The predicted molar refractivity (Wildman–Crippen MR) is 192 cm³/mol. The van der Waals surface area contributed by atoms with Crippen LogP contribution in [0.15, 0.2) is 28.8 Å². The van der Waals surface area contributed by atoms with Crippen LogP contribution in [-0.4, -0.2) is 146 Å². The van der Waals surface area contributed by atoms with Crippen LogP contribution in [0.5, 0.6) is 0 Å². The molecule has 63 heavy (non-hydrogen) atoms. The van der Waals surface area contributed by atoms with E-state index in [9.17, 15) is 88.5 Å². The molecular weight excluding hydrogens is 888 g/mol. The van der Waals surface area contributed by atoms with Crippen LogP contribution < -0.4 is 34.1 Å². The van der Waals surface area contributed by atoms with Crippen LogP contribution in [0.4, 0.5) is 35.1 Å². The van der Waals surface area contributed by atoms with Gasteiger partial charge in [-0.15, -0.1) is 0 Å². The lowest BCUT2D eigenvalue weighted by molar-refractivity contribution is -0.218. The molecule has 2 aromatic heterocycles. The van der Waals surface area contributed by atoms with Gasteiger partial charge >= 0.3 is 58.0 Å². The maximum Gasteiger partial charge on any atom is 0.336 e. The number of hydrogen-bond acceptors (Lipinski definition) is 16. The first-order valence-corrected chi connectivity index (χ1v) is 18.4. The summed E-state index contributed by atoms with van der Waals surface area (Å²) in [4.78, 5) is 115. The Labute approximate surface area is 347 Å². The van der Waals surface area contributed by atoms with E-state index < -0.39 is 173 Å². The summed E-state index contributed by atoms with van der Waals surface area (Å²) in [5.74, 6) is -10.1. The topological polar surface area (TPSA) is 270 Å². The van der Waals surface area contributed by atoms with E-state index in [1.54, 1.807) is 0 Å². The molecular formula is C33H44F8N6O16. The Morgan fingerprint density at radius 3 is 1.38 bits per heavy atom. The number of ether oxygens (including phenoxy) is 5. The minimum atomic E-state index is -5.79. The van der Waals surface area contributed by atoms with Crippen molar-refractivity contribution in [2.75, 3.05) is 40.6 Å². The van der Waals surface area contributed by atoms with Crippen LogP contribution in [0, 0.1) is 0 Å². The number of alkyl halides is 8. The Balaban J connectivity index is 2.33. The van der Waals surface area contributed by atoms with Gasteiger partial charge in [-0.05, 0) is 6.92 Å². The van der Waals surface area contributed by atoms with E-state index in [0.717, 1.165) is 0 Å². The minimum Gasteiger partial charge on any atom is -0.464 e. The van der Waals surface area contributed by atoms with Crippen molar-refractivity contribution in [3.8, 4) is 0 Å². The summed E-state index contributed by atoms with van der Waals surface area (Å²) < 4.78 is 136. The number of carbonyl (C=O) groups is 3. The fourth-order valence-corrected chi connectivity index (χ4v) is 5.23. The summed E-state index contributed by atoms with van der Waals surface area (Å²) in [7, 11) is 1.72. The molecule has 2 aromatic rings. The third-order valence-corrected chi connectivity index (χ3v) is 8.56. The van der Waals surface area contributed by atoms with E-state index in [0.29, 0.717) is 20.8 Å². The quantitative estimate of drug-likeness (QED) is 0.0528. The number of aliphatic hydroxyl groups is 2. The molecule has 0 amide bonds. The molecule has 2 N–H and O–H groups in total. The highest BCUT2D eigenvalue weighted by Crippen LogP contribution is 2.36. The zero-order chi connectivity index (χ0) is 47.9. The molecule has 358 valence electrons. The van der Waals surface area contributed by atoms with Gasteiger partial charge in [0.1, 0.15) is 13.2 Å². The standard InChI is InChI=1S/C33H44F8N6O16/c1-17(49)16-62-19(51)5-8-43-27(53)42(7-4-18(50)61-15-12-47-31(57)45(10-13-48)30(56)46(32(47)58)11-14-59-2)28(54)44(29(43)55)9-6-20(52)63-26(39)24(37)33(40,41)23(36)21(34)22(35)25(38)60-3/h17,21-26,48-49H,4-16H2,1-3H3. The molecule has 0 fully saturated rings. The molecule has 22 nitrogen and oxygen atoms in total. The van der Waals surface area contributed by atoms with Crippen LogP contribution >= 0.6 is 0 Å². The van der Waals surface area contributed by atoms with Gasteiger partial charge < -0.3 is 33.9 Å². The summed E-state index contributed by atoms with van der Waals surface area (Å²) in [5, 5.41) is 18.6. The average molecular weight is 933 g/mol. The molecule has 0 spiro atoms. The molecule has 30 heteroatoms. The van der Waals surface area contributed by atoms with E-state index >= 15 is 0 Å². The van der Waals surface area contributed by atoms with Gasteiger partial charge in [-0.3, -0.25) is 14.4 Å². The number of aromatic nitrogens is 6. The molecule has 0 bridgehead atoms. The molecule has 0 aliphatic carbocycles. The molecule has 7 atom stereocenters. The summed E-state index contributed by atoms with van der Waals surface area (Å²) in [6.07, 6.45) is -28.5. The highest BCUT2D eigenvalue weighted by Gasteiger charge is 2.59. The lowest BCUT2D eigenvalue weighted by Gasteiger charge is -2.29. The highest BCUT2D eigenvalue weighted by atomic mass is 19.3. The molecule has 2 heterocycles. The maximum atomic E-state index is 14.4.